The Bertz CT molecular complexity index is 281. The fourth-order valence-corrected chi connectivity index (χ4v) is 0.390. The molecule has 118 valence electrons. The quantitative estimate of drug-likeness (QED) is 0.567. The summed E-state index contributed by atoms with van der Waals surface area (Å²) >= 11 is 0. The van der Waals surface area contributed by atoms with Gasteiger partial charge in [0.2, 0.25) is 0 Å². The second-order valence-corrected chi connectivity index (χ2v) is 5.36. The van der Waals surface area contributed by atoms with Crippen LogP contribution >= 0.6 is 0 Å². The third-order valence-electron chi connectivity index (χ3n) is 0.950. The summed E-state index contributed by atoms with van der Waals surface area (Å²) in [4.78, 5) is 46.3. The van der Waals surface area contributed by atoms with Gasteiger partial charge in [0.05, 0.1) is 11.2 Å². The summed E-state index contributed by atoms with van der Waals surface area (Å²) < 4.78 is 0. The first-order valence-corrected chi connectivity index (χ1v) is 5.47. The maximum atomic E-state index is 10.8. The molecule has 0 spiro atoms. The van der Waals surface area contributed by atoms with Crippen molar-refractivity contribution in [2.75, 3.05) is 0 Å². The van der Waals surface area contributed by atoms with Crippen LogP contribution in [0.25, 0.3) is 0 Å². The highest BCUT2D eigenvalue weighted by molar-refractivity contribution is 5.62. The topological polar surface area (TPSA) is 108 Å². The van der Waals surface area contributed by atoms with Crippen molar-refractivity contribution in [2.45, 2.75) is 52.7 Å². The van der Waals surface area contributed by atoms with E-state index >= 15 is 0 Å². The minimum atomic E-state index is -1.50. The van der Waals surface area contributed by atoms with Gasteiger partial charge in [0.1, 0.15) is 0 Å². The molecule has 0 aromatic rings. The molecule has 0 heterocycles. The molecule has 0 rings (SSSR count). The molecule has 0 saturated carbocycles. The second kappa shape index (κ2) is 7.85. The molecule has 20 heavy (non-hydrogen) atoms. The largest absolute Gasteiger partial charge is 0.584 e. The van der Waals surface area contributed by atoms with Gasteiger partial charge in [0.15, 0.2) is 0 Å². The summed E-state index contributed by atoms with van der Waals surface area (Å²) in [6.07, 6.45) is -2.99. The monoisotopic (exact) mass is 298 g/mol. The third-order valence-corrected chi connectivity index (χ3v) is 0.950. The predicted octanol–water partition coefficient (Wildman–Crippen LogP) is 2.53. The Morgan fingerprint density at radius 3 is 1.15 bits per heavy atom. The number of hydrogen-bond donors (Lipinski definition) is 0. The van der Waals surface area contributed by atoms with Crippen molar-refractivity contribution < 1.29 is 49.0 Å². The van der Waals surface area contributed by atoms with Crippen molar-refractivity contribution in [3.05, 3.63) is 0 Å². The summed E-state index contributed by atoms with van der Waals surface area (Å²) in [6, 6.07) is 0. The molecule has 0 aromatic heterocycles. The van der Waals surface area contributed by atoms with E-state index in [1.54, 1.807) is 41.5 Å². The zero-order chi connectivity index (χ0) is 15.8. The highest BCUT2D eigenvalue weighted by Crippen LogP contribution is 2.08. The number of carbonyl (C=O) groups excluding carboxylic acids is 2. The summed E-state index contributed by atoms with van der Waals surface area (Å²) in [6.45, 7) is 9.85. The maximum absolute atomic E-state index is 10.8. The Morgan fingerprint density at radius 1 is 0.600 bits per heavy atom. The molecule has 10 nitrogen and oxygen atoms in total. The van der Waals surface area contributed by atoms with E-state index in [9.17, 15) is 9.59 Å². The zero-order valence-corrected chi connectivity index (χ0v) is 12.1. The molecule has 0 bridgehead atoms. The van der Waals surface area contributed by atoms with Crippen LogP contribution in [0.5, 0.6) is 0 Å². The van der Waals surface area contributed by atoms with E-state index in [4.69, 9.17) is 0 Å². The van der Waals surface area contributed by atoms with Crippen LogP contribution in [0.3, 0.4) is 0 Å². The van der Waals surface area contributed by atoms with E-state index in [-0.39, 0.29) is 0 Å². The SMILES string of the molecule is CC(C)(C)OOOC(=O)OOC(=O)OOOC(C)(C)C. The Morgan fingerprint density at radius 2 is 0.900 bits per heavy atom. The first kappa shape index (κ1) is 18.4. The highest BCUT2D eigenvalue weighted by Gasteiger charge is 2.19. The van der Waals surface area contributed by atoms with Gasteiger partial charge in [-0.1, -0.05) is 0 Å². The number of carbonyl (C=O) groups is 2. The fraction of sp³-hybridized carbons (Fsp3) is 0.800. The normalized spacial score (nSPS) is 11.7. The molecule has 0 aliphatic rings. The van der Waals surface area contributed by atoms with Crippen LogP contribution in [0, 0.1) is 0 Å². The smallest absolute Gasteiger partial charge is 0.226 e. The lowest BCUT2D eigenvalue weighted by Crippen LogP contribution is -2.22. The van der Waals surface area contributed by atoms with Gasteiger partial charge in [-0.3, -0.25) is 0 Å². The van der Waals surface area contributed by atoms with Crippen LogP contribution in [-0.4, -0.2) is 23.5 Å². The van der Waals surface area contributed by atoms with Gasteiger partial charge in [0, 0.05) is 0 Å². The molecule has 0 radical (unpaired) electrons. The molecule has 10 heteroatoms. The van der Waals surface area contributed by atoms with Crippen molar-refractivity contribution >= 4 is 12.3 Å². The molecule has 0 fully saturated rings. The second-order valence-electron chi connectivity index (χ2n) is 5.36. The van der Waals surface area contributed by atoms with Crippen LogP contribution in [0.4, 0.5) is 9.59 Å². The highest BCUT2D eigenvalue weighted by atomic mass is 17.6. The Kier molecular flexibility index (Phi) is 7.21. The molecule has 0 atom stereocenters. The lowest BCUT2D eigenvalue weighted by Gasteiger charge is -2.15. The number of rotatable bonds is 4. The Balaban J connectivity index is 3.66. The first-order chi connectivity index (χ1) is 8.99. The van der Waals surface area contributed by atoms with Crippen molar-refractivity contribution in [1.29, 1.82) is 0 Å². The molecule has 0 saturated heterocycles. The minimum absolute atomic E-state index is 0.710. The van der Waals surface area contributed by atoms with Gasteiger partial charge in [-0.25, -0.2) is 9.78 Å². The lowest BCUT2D eigenvalue weighted by atomic mass is 10.2. The van der Waals surface area contributed by atoms with E-state index in [2.05, 4.69) is 39.4 Å². The van der Waals surface area contributed by atoms with Gasteiger partial charge in [0.25, 0.3) is 0 Å². The maximum Gasteiger partial charge on any atom is 0.584 e. The molecular weight excluding hydrogens is 280 g/mol. The molecule has 0 aromatic carbocycles. The molecule has 0 aliphatic carbocycles. The van der Waals surface area contributed by atoms with Gasteiger partial charge in [-0.05, 0) is 51.6 Å². The van der Waals surface area contributed by atoms with Crippen molar-refractivity contribution in [2.24, 2.45) is 0 Å². The molecule has 0 N–H and O–H groups in total. The van der Waals surface area contributed by atoms with Gasteiger partial charge >= 0.3 is 12.3 Å². The van der Waals surface area contributed by atoms with E-state index < -0.39 is 23.5 Å². The Labute approximate surface area is 115 Å². The molecule has 0 amide bonds. The lowest BCUT2D eigenvalue weighted by molar-refractivity contribution is -0.527. The van der Waals surface area contributed by atoms with Gasteiger partial charge in [-0.2, -0.15) is 29.1 Å². The van der Waals surface area contributed by atoms with E-state index in [0.29, 0.717) is 0 Å². The van der Waals surface area contributed by atoms with E-state index in [1.165, 1.54) is 0 Å². The van der Waals surface area contributed by atoms with Crippen molar-refractivity contribution in [1.82, 2.24) is 0 Å². The van der Waals surface area contributed by atoms with E-state index in [1.807, 2.05) is 0 Å². The number of hydrogen-bond acceptors (Lipinski definition) is 10. The van der Waals surface area contributed by atoms with Crippen LogP contribution < -0.4 is 0 Å². The fourth-order valence-electron chi connectivity index (χ4n) is 0.390. The Hall–Kier alpha value is -1.62. The van der Waals surface area contributed by atoms with Crippen LogP contribution in [0.1, 0.15) is 41.5 Å². The van der Waals surface area contributed by atoms with Gasteiger partial charge in [-0.15, -0.1) is 0 Å². The standard InChI is InChI=1S/C10H18O10/c1-9(2,3)17-19-15-7(11)13-14-8(12)16-20-18-10(4,5)6/h1-6H3. The van der Waals surface area contributed by atoms with Crippen LogP contribution in [0.15, 0.2) is 0 Å². The van der Waals surface area contributed by atoms with E-state index in [0.717, 1.165) is 0 Å². The summed E-state index contributed by atoms with van der Waals surface area (Å²) in [5.74, 6) is 0. The average Bonchev–Trinajstić information content (AvgIpc) is 2.22. The molecule has 0 unspecified atom stereocenters. The average molecular weight is 298 g/mol. The van der Waals surface area contributed by atoms with Gasteiger partial charge < -0.3 is 0 Å². The van der Waals surface area contributed by atoms with Crippen molar-refractivity contribution in [3.8, 4) is 0 Å². The predicted molar refractivity (Wildman–Crippen MR) is 59.0 cm³/mol. The first-order valence-electron chi connectivity index (χ1n) is 5.47. The van der Waals surface area contributed by atoms with Crippen LogP contribution in [0.2, 0.25) is 0 Å². The zero-order valence-electron chi connectivity index (χ0n) is 12.1. The van der Waals surface area contributed by atoms with Crippen molar-refractivity contribution in [3.63, 3.8) is 0 Å². The third kappa shape index (κ3) is 12.8. The summed E-state index contributed by atoms with van der Waals surface area (Å²) in [7, 11) is 0. The summed E-state index contributed by atoms with van der Waals surface area (Å²) in [5.41, 5.74) is -1.42. The summed E-state index contributed by atoms with van der Waals surface area (Å²) in [5, 5.41) is 8.11. The minimum Gasteiger partial charge on any atom is -0.226 e. The molecule has 0 aliphatic heterocycles. The molecular formula is C10H18O10. The van der Waals surface area contributed by atoms with Crippen LogP contribution in [-0.2, 0) is 39.4 Å².